The first-order valence-electron chi connectivity index (χ1n) is 8.63. The van der Waals surface area contributed by atoms with Crippen molar-refractivity contribution >= 4 is 21.7 Å². The first-order valence-corrected chi connectivity index (χ1v) is 10.1. The molecular weight excluding hydrogens is 340 g/mol. The van der Waals surface area contributed by atoms with Crippen LogP contribution in [0.5, 0.6) is 0 Å². The molecule has 0 radical (unpaired) electrons. The molecule has 140 valence electrons. The number of amides is 1. The molecule has 0 atom stereocenters. The van der Waals surface area contributed by atoms with Crippen molar-refractivity contribution in [1.82, 2.24) is 9.62 Å². The Bertz CT molecular complexity index is 669. The van der Waals surface area contributed by atoms with Crippen LogP contribution in [0.1, 0.15) is 56.3 Å². The van der Waals surface area contributed by atoms with Crippen molar-refractivity contribution in [1.29, 1.82) is 0 Å². The van der Waals surface area contributed by atoms with Crippen molar-refractivity contribution in [2.75, 3.05) is 20.1 Å². The number of carbonyl (C=O) groups is 2. The summed E-state index contributed by atoms with van der Waals surface area (Å²) in [6, 6.07) is 5.88. The number of nitrogens with zero attached hydrogens (tertiary/aromatic N) is 1. The van der Waals surface area contributed by atoms with Gasteiger partial charge in [0.1, 0.15) is 0 Å². The standard InChI is InChI=1S/C18H28N2O4S/c1-4-5-6-13-19-18(22)8-7-14-20(3)25(23,24)17-11-9-16(10-12-17)15(2)21/h9-12H,4-8,13-14H2,1-3H3,(H,19,22). The summed E-state index contributed by atoms with van der Waals surface area (Å²) in [4.78, 5) is 23.1. The van der Waals surface area contributed by atoms with Gasteiger partial charge >= 0.3 is 0 Å². The maximum atomic E-state index is 12.5. The van der Waals surface area contributed by atoms with E-state index in [9.17, 15) is 18.0 Å². The Balaban J connectivity index is 2.48. The van der Waals surface area contributed by atoms with Crippen LogP contribution in [0.15, 0.2) is 29.2 Å². The van der Waals surface area contributed by atoms with Gasteiger partial charge in [0.15, 0.2) is 5.78 Å². The van der Waals surface area contributed by atoms with E-state index in [1.54, 1.807) is 0 Å². The van der Waals surface area contributed by atoms with E-state index in [2.05, 4.69) is 12.2 Å². The molecule has 0 saturated heterocycles. The molecule has 1 aromatic carbocycles. The molecule has 0 aliphatic rings. The lowest BCUT2D eigenvalue weighted by atomic mass is 10.2. The minimum atomic E-state index is -3.61. The second-order valence-corrected chi connectivity index (χ2v) is 8.11. The van der Waals surface area contributed by atoms with Crippen molar-refractivity contribution in [2.45, 2.75) is 50.8 Å². The fraction of sp³-hybridized carbons (Fsp3) is 0.556. The summed E-state index contributed by atoms with van der Waals surface area (Å²) in [7, 11) is -2.12. The minimum Gasteiger partial charge on any atom is -0.356 e. The lowest BCUT2D eigenvalue weighted by Gasteiger charge is -2.17. The molecule has 0 heterocycles. The van der Waals surface area contributed by atoms with Gasteiger partial charge in [-0.25, -0.2) is 12.7 Å². The van der Waals surface area contributed by atoms with E-state index in [0.717, 1.165) is 19.3 Å². The molecular formula is C18H28N2O4S. The quantitative estimate of drug-likeness (QED) is 0.481. The number of carbonyl (C=O) groups excluding carboxylic acids is 2. The van der Waals surface area contributed by atoms with Crippen molar-refractivity contribution < 1.29 is 18.0 Å². The highest BCUT2D eigenvalue weighted by Gasteiger charge is 2.20. The van der Waals surface area contributed by atoms with E-state index in [0.29, 0.717) is 24.9 Å². The number of ketones is 1. The predicted molar refractivity (Wildman–Crippen MR) is 98.0 cm³/mol. The third-order valence-corrected chi connectivity index (χ3v) is 5.82. The van der Waals surface area contributed by atoms with E-state index in [1.807, 2.05) is 0 Å². The number of nitrogens with one attached hydrogen (secondary N) is 1. The summed E-state index contributed by atoms with van der Waals surface area (Å²) >= 11 is 0. The van der Waals surface area contributed by atoms with Gasteiger partial charge in [-0.05, 0) is 31.9 Å². The number of benzene rings is 1. The highest BCUT2D eigenvalue weighted by atomic mass is 32.2. The van der Waals surface area contributed by atoms with Gasteiger partial charge in [0.2, 0.25) is 15.9 Å². The van der Waals surface area contributed by atoms with Crippen LogP contribution < -0.4 is 5.32 Å². The normalized spacial score (nSPS) is 11.5. The first kappa shape index (κ1) is 21.3. The molecule has 0 unspecified atom stereocenters. The van der Waals surface area contributed by atoms with Gasteiger partial charge in [0, 0.05) is 32.1 Å². The number of unbranched alkanes of at least 4 members (excludes halogenated alkanes) is 2. The molecule has 7 heteroatoms. The number of Topliss-reactive ketones (excluding diaryl/α,β-unsaturated/α-hetero) is 1. The third-order valence-electron chi connectivity index (χ3n) is 3.95. The number of sulfonamides is 1. The molecule has 1 rings (SSSR count). The van der Waals surface area contributed by atoms with Crippen molar-refractivity contribution in [3.8, 4) is 0 Å². The first-order chi connectivity index (χ1) is 11.8. The minimum absolute atomic E-state index is 0.0484. The molecule has 0 saturated carbocycles. The van der Waals surface area contributed by atoms with Crippen LogP contribution in [0.4, 0.5) is 0 Å². The van der Waals surface area contributed by atoms with Crippen LogP contribution in [0, 0.1) is 0 Å². The monoisotopic (exact) mass is 368 g/mol. The van der Waals surface area contributed by atoms with Gasteiger partial charge in [-0.1, -0.05) is 31.9 Å². The molecule has 0 aromatic heterocycles. The van der Waals surface area contributed by atoms with Crippen molar-refractivity contribution in [2.24, 2.45) is 0 Å². The van der Waals surface area contributed by atoms with Gasteiger partial charge in [-0.3, -0.25) is 9.59 Å². The Hall–Kier alpha value is -1.73. The topological polar surface area (TPSA) is 83.6 Å². The fourth-order valence-corrected chi connectivity index (χ4v) is 3.52. The number of hydrogen-bond donors (Lipinski definition) is 1. The molecule has 0 spiro atoms. The Morgan fingerprint density at radius 1 is 1.08 bits per heavy atom. The van der Waals surface area contributed by atoms with Crippen LogP contribution >= 0.6 is 0 Å². The lowest BCUT2D eigenvalue weighted by molar-refractivity contribution is -0.121. The van der Waals surface area contributed by atoms with E-state index in [4.69, 9.17) is 0 Å². The molecule has 0 bridgehead atoms. The average molecular weight is 368 g/mol. The van der Waals surface area contributed by atoms with Crippen LogP contribution in [0.3, 0.4) is 0 Å². The Morgan fingerprint density at radius 3 is 2.28 bits per heavy atom. The van der Waals surface area contributed by atoms with Crippen molar-refractivity contribution in [3.63, 3.8) is 0 Å². The summed E-state index contributed by atoms with van der Waals surface area (Å²) in [5.41, 5.74) is 0.473. The summed E-state index contributed by atoms with van der Waals surface area (Å²) in [6.45, 7) is 4.47. The third kappa shape index (κ3) is 6.96. The average Bonchev–Trinajstić information content (AvgIpc) is 2.58. The molecule has 1 amide bonds. The maximum absolute atomic E-state index is 12.5. The maximum Gasteiger partial charge on any atom is 0.242 e. The van der Waals surface area contributed by atoms with Gasteiger partial charge in [-0.15, -0.1) is 0 Å². The molecule has 1 aromatic rings. The number of hydrogen-bond acceptors (Lipinski definition) is 4. The summed E-state index contributed by atoms with van der Waals surface area (Å²) in [5, 5.41) is 2.84. The van der Waals surface area contributed by atoms with E-state index in [1.165, 1.54) is 42.5 Å². The van der Waals surface area contributed by atoms with Crippen molar-refractivity contribution in [3.05, 3.63) is 29.8 Å². The molecule has 0 aliphatic heterocycles. The fourth-order valence-electron chi connectivity index (χ4n) is 2.32. The second kappa shape index (κ2) is 10.3. The van der Waals surface area contributed by atoms with Crippen LogP contribution in [0.2, 0.25) is 0 Å². The van der Waals surface area contributed by atoms with Crippen LogP contribution in [-0.4, -0.2) is 44.6 Å². The van der Waals surface area contributed by atoms with E-state index in [-0.39, 0.29) is 23.1 Å². The summed E-state index contributed by atoms with van der Waals surface area (Å²) in [5.74, 6) is -0.157. The van der Waals surface area contributed by atoms with Gasteiger partial charge < -0.3 is 5.32 Å². The van der Waals surface area contributed by atoms with Gasteiger partial charge in [0.25, 0.3) is 0 Å². The summed E-state index contributed by atoms with van der Waals surface area (Å²) in [6.07, 6.45) is 3.92. The van der Waals surface area contributed by atoms with E-state index < -0.39 is 10.0 Å². The zero-order valence-electron chi connectivity index (χ0n) is 15.2. The molecule has 0 fully saturated rings. The SMILES string of the molecule is CCCCCNC(=O)CCCN(C)S(=O)(=O)c1ccc(C(C)=O)cc1. The van der Waals surface area contributed by atoms with Gasteiger partial charge in [0.05, 0.1) is 4.90 Å². The Kier molecular flexibility index (Phi) is 8.78. The second-order valence-electron chi connectivity index (χ2n) is 6.07. The summed E-state index contributed by atoms with van der Waals surface area (Å²) < 4.78 is 26.2. The predicted octanol–water partition coefficient (Wildman–Crippen LogP) is 2.60. The molecule has 6 nitrogen and oxygen atoms in total. The number of rotatable bonds is 11. The lowest BCUT2D eigenvalue weighted by Crippen LogP contribution is -2.30. The Labute approximate surface area is 150 Å². The van der Waals surface area contributed by atoms with Crippen LogP contribution in [-0.2, 0) is 14.8 Å². The largest absolute Gasteiger partial charge is 0.356 e. The highest BCUT2D eigenvalue weighted by molar-refractivity contribution is 7.89. The van der Waals surface area contributed by atoms with E-state index >= 15 is 0 Å². The Morgan fingerprint density at radius 2 is 1.72 bits per heavy atom. The van der Waals surface area contributed by atoms with Crippen LogP contribution in [0.25, 0.3) is 0 Å². The molecule has 25 heavy (non-hydrogen) atoms. The zero-order chi connectivity index (χ0) is 18.9. The zero-order valence-corrected chi connectivity index (χ0v) is 16.1. The smallest absolute Gasteiger partial charge is 0.242 e. The highest BCUT2D eigenvalue weighted by Crippen LogP contribution is 2.16. The molecule has 0 aliphatic carbocycles. The molecule has 1 N–H and O–H groups in total. The van der Waals surface area contributed by atoms with Gasteiger partial charge in [-0.2, -0.15) is 0 Å².